The molecule has 0 aliphatic heterocycles. The van der Waals surface area contributed by atoms with E-state index in [4.69, 9.17) is 4.52 Å². The Kier molecular flexibility index (Phi) is 5.67. The van der Waals surface area contributed by atoms with Gasteiger partial charge in [-0.1, -0.05) is 25.4 Å². The van der Waals surface area contributed by atoms with E-state index in [1.165, 1.54) is 0 Å². The van der Waals surface area contributed by atoms with Gasteiger partial charge in [-0.05, 0) is 35.0 Å². The second-order valence-electron chi connectivity index (χ2n) is 4.65. The van der Waals surface area contributed by atoms with E-state index in [-0.39, 0.29) is 0 Å². The zero-order valence-electron chi connectivity index (χ0n) is 11.8. The van der Waals surface area contributed by atoms with Crippen molar-refractivity contribution in [3.8, 4) is 11.4 Å². The zero-order chi connectivity index (χ0) is 14.4. The van der Waals surface area contributed by atoms with Crippen LogP contribution in [0.15, 0.2) is 27.5 Å². The van der Waals surface area contributed by atoms with Gasteiger partial charge in [0, 0.05) is 34.9 Å². The highest BCUT2D eigenvalue weighted by molar-refractivity contribution is 9.10. The maximum Gasteiger partial charge on any atom is 0.228 e. The molecule has 0 aliphatic rings. The molecule has 1 unspecified atom stereocenters. The third-order valence-corrected chi connectivity index (χ3v) is 3.42. The Balaban J connectivity index is 2.08. The lowest BCUT2D eigenvalue weighted by molar-refractivity contribution is 0.352. The van der Waals surface area contributed by atoms with Crippen LogP contribution in [0.1, 0.15) is 32.6 Å². The Labute approximate surface area is 127 Å². The minimum absolute atomic E-state index is 0.388. The smallest absolute Gasteiger partial charge is 0.228 e. The average Bonchev–Trinajstić information content (AvgIpc) is 2.88. The third kappa shape index (κ3) is 4.11. The lowest BCUT2D eigenvalue weighted by Gasteiger charge is -2.14. The molecule has 2 aromatic rings. The third-order valence-electron chi connectivity index (χ3n) is 2.98. The fourth-order valence-electron chi connectivity index (χ4n) is 2.11. The van der Waals surface area contributed by atoms with Crippen molar-refractivity contribution in [1.29, 1.82) is 0 Å². The quantitative estimate of drug-likeness (QED) is 0.839. The summed E-state index contributed by atoms with van der Waals surface area (Å²) in [5, 5.41) is 7.47. The number of nitrogens with one attached hydrogen (secondary N) is 1. The molecule has 0 spiro atoms. The fourth-order valence-corrected chi connectivity index (χ4v) is 2.48. The van der Waals surface area contributed by atoms with Gasteiger partial charge in [0.25, 0.3) is 0 Å². The predicted molar refractivity (Wildman–Crippen MR) is 81.3 cm³/mol. The van der Waals surface area contributed by atoms with E-state index in [1.807, 2.05) is 6.07 Å². The van der Waals surface area contributed by atoms with E-state index < -0.39 is 0 Å². The average molecular weight is 339 g/mol. The van der Waals surface area contributed by atoms with Crippen LogP contribution in [-0.4, -0.2) is 27.7 Å². The van der Waals surface area contributed by atoms with Gasteiger partial charge in [-0.15, -0.1) is 0 Å². The first-order valence-electron chi connectivity index (χ1n) is 6.89. The summed E-state index contributed by atoms with van der Waals surface area (Å²) in [6, 6.07) is 2.31. The van der Waals surface area contributed by atoms with E-state index in [0.29, 0.717) is 17.8 Å². The van der Waals surface area contributed by atoms with Crippen molar-refractivity contribution in [2.75, 3.05) is 6.54 Å². The standard InChI is InChI=1S/C14H19BrN4O/c1-3-5-12(17-4-2)7-13-18-14(19-20-13)10-6-11(15)9-16-8-10/h6,8-9,12,17H,3-5,7H2,1-2H3. The lowest BCUT2D eigenvalue weighted by atomic mass is 10.1. The van der Waals surface area contributed by atoms with Gasteiger partial charge in [0.1, 0.15) is 0 Å². The summed E-state index contributed by atoms with van der Waals surface area (Å²) in [6.45, 7) is 5.23. The summed E-state index contributed by atoms with van der Waals surface area (Å²) in [5.41, 5.74) is 0.852. The van der Waals surface area contributed by atoms with Gasteiger partial charge in [-0.25, -0.2) is 0 Å². The first-order valence-corrected chi connectivity index (χ1v) is 7.69. The van der Waals surface area contributed by atoms with Crippen LogP contribution in [0.5, 0.6) is 0 Å². The summed E-state index contributed by atoms with van der Waals surface area (Å²) in [7, 11) is 0. The summed E-state index contributed by atoms with van der Waals surface area (Å²) in [5.74, 6) is 1.25. The minimum Gasteiger partial charge on any atom is -0.339 e. The molecule has 1 atom stereocenters. The van der Waals surface area contributed by atoms with Gasteiger partial charge in [0.05, 0.1) is 0 Å². The highest BCUT2D eigenvalue weighted by Gasteiger charge is 2.14. The highest BCUT2D eigenvalue weighted by atomic mass is 79.9. The maximum atomic E-state index is 5.34. The van der Waals surface area contributed by atoms with Crippen LogP contribution in [0.3, 0.4) is 0 Å². The molecule has 2 rings (SSSR count). The highest BCUT2D eigenvalue weighted by Crippen LogP contribution is 2.19. The normalized spacial score (nSPS) is 12.6. The molecule has 1 N–H and O–H groups in total. The van der Waals surface area contributed by atoms with Crippen molar-refractivity contribution in [2.45, 2.75) is 39.2 Å². The van der Waals surface area contributed by atoms with Gasteiger partial charge < -0.3 is 9.84 Å². The number of hydrogen-bond acceptors (Lipinski definition) is 5. The molecule has 5 nitrogen and oxygen atoms in total. The minimum atomic E-state index is 0.388. The number of pyridine rings is 1. The molecular formula is C14H19BrN4O. The van der Waals surface area contributed by atoms with Gasteiger partial charge in [-0.3, -0.25) is 4.98 Å². The Bertz CT molecular complexity index is 537. The largest absolute Gasteiger partial charge is 0.339 e. The van der Waals surface area contributed by atoms with Crippen molar-refractivity contribution < 1.29 is 4.52 Å². The number of hydrogen-bond donors (Lipinski definition) is 1. The molecule has 0 saturated heterocycles. The molecule has 0 aliphatic carbocycles. The van der Waals surface area contributed by atoms with E-state index in [1.54, 1.807) is 12.4 Å². The Morgan fingerprint density at radius 2 is 2.20 bits per heavy atom. The first-order chi connectivity index (χ1) is 9.72. The number of aromatic nitrogens is 3. The summed E-state index contributed by atoms with van der Waals surface area (Å²) < 4.78 is 6.24. The maximum absolute atomic E-state index is 5.34. The molecule has 0 saturated carbocycles. The molecular weight excluding hydrogens is 320 g/mol. The van der Waals surface area contributed by atoms with Gasteiger partial charge in [0.15, 0.2) is 0 Å². The molecule has 6 heteroatoms. The molecule has 0 amide bonds. The molecule has 2 heterocycles. The van der Waals surface area contributed by atoms with Gasteiger partial charge >= 0.3 is 0 Å². The van der Waals surface area contributed by atoms with Crippen LogP contribution < -0.4 is 5.32 Å². The molecule has 2 aromatic heterocycles. The molecule has 0 radical (unpaired) electrons. The number of likely N-dealkylation sites (N-methyl/N-ethyl adjacent to an activating group) is 1. The lowest BCUT2D eigenvalue weighted by Crippen LogP contribution is -2.30. The van der Waals surface area contributed by atoms with Crippen molar-refractivity contribution >= 4 is 15.9 Å². The second-order valence-corrected chi connectivity index (χ2v) is 5.57. The first kappa shape index (κ1) is 15.1. The van der Waals surface area contributed by atoms with Crippen molar-refractivity contribution in [3.63, 3.8) is 0 Å². The Morgan fingerprint density at radius 1 is 1.35 bits per heavy atom. The molecule has 20 heavy (non-hydrogen) atoms. The van der Waals surface area contributed by atoms with Crippen LogP contribution >= 0.6 is 15.9 Å². The molecule has 108 valence electrons. The van der Waals surface area contributed by atoms with Crippen molar-refractivity contribution in [1.82, 2.24) is 20.4 Å². The SMILES string of the molecule is CCCC(Cc1nc(-c2cncc(Br)c2)no1)NCC. The van der Waals surface area contributed by atoms with Gasteiger partial charge in [-0.2, -0.15) is 4.98 Å². The van der Waals surface area contributed by atoms with Crippen LogP contribution in [-0.2, 0) is 6.42 Å². The van der Waals surface area contributed by atoms with E-state index in [2.05, 4.69) is 50.2 Å². The van der Waals surface area contributed by atoms with E-state index in [0.717, 1.165) is 35.8 Å². The summed E-state index contributed by atoms with van der Waals surface area (Å²) in [4.78, 5) is 8.56. The van der Waals surface area contributed by atoms with Crippen LogP contribution in [0.4, 0.5) is 0 Å². The molecule has 0 aromatic carbocycles. The van der Waals surface area contributed by atoms with E-state index in [9.17, 15) is 0 Å². The zero-order valence-corrected chi connectivity index (χ0v) is 13.4. The Morgan fingerprint density at radius 3 is 2.90 bits per heavy atom. The summed E-state index contributed by atoms with van der Waals surface area (Å²) >= 11 is 3.39. The predicted octanol–water partition coefficient (Wildman–Crippen LogP) is 3.21. The molecule has 0 bridgehead atoms. The number of nitrogens with zero attached hydrogens (tertiary/aromatic N) is 3. The second kappa shape index (κ2) is 7.50. The van der Waals surface area contributed by atoms with Crippen molar-refractivity contribution in [2.24, 2.45) is 0 Å². The molecule has 0 fully saturated rings. The summed E-state index contributed by atoms with van der Waals surface area (Å²) in [6.07, 6.45) is 6.45. The monoisotopic (exact) mass is 338 g/mol. The van der Waals surface area contributed by atoms with Crippen LogP contribution in [0, 0.1) is 0 Å². The fraction of sp³-hybridized carbons (Fsp3) is 0.500. The van der Waals surface area contributed by atoms with Gasteiger partial charge in [0.2, 0.25) is 11.7 Å². The topological polar surface area (TPSA) is 63.8 Å². The van der Waals surface area contributed by atoms with Crippen molar-refractivity contribution in [3.05, 3.63) is 28.8 Å². The number of rotatable bonds is 7. The Hall–Kier alpha value is -1.27. The van der Waals surface area contributed by atoms with E-state index >= 15 is 0 Å². The van der Waals surface area contributed by atoms with Crippen LogP contribution in [0.2, 0.25) is 0 Å². The number of halogens is 1. The van der Waals surface area contributed by atoms with Crippen LogP contribution in [0.25, 0.3) is 11.4 Å².